The number of hydrogen-bond donors (Lipinski definition) is 1. The third-order valence-electron chi connectivity index (χ3n) is 2.99. The number of anilines is 1. The van der Waals surface area contributed by atoms with Crippen LogP contribution in [0.5, 0.6) is 0 Å². The zero-order valence-electron chi connectivity index (χ0n) is 10.9. The Hall–Kier alpha value is -1.96. The van der Waals surface area contributed by atoms with Gasteiger partial charge in [-0.2, -0.15) is 0 Å². The number of aromatic carboxylic acids is 1. The van der Waals surface area contributed by atoms with Gasteiger partial charge in [-0.25, -0.2) is 13.6 Å². The predicted molar refractivity (Wildman–Crippen MR) is 72.3 cm³/mol. The summed E-state index contributed by atoms with van der Waals surface area (Å²) in [5, 5.41) is 8.45. The van der Waals surface area contributed by atoms with E-state index in [1.807, 2.05) is 0 Å². The summed E-state index contributed by atoms with van der Waals surface area (Å²) in [7, 11) is 0. The van der Waals surface area contributed by atoms with Crippen molar-refractivity contribution in [2.75, 3.05) is 11.4 Å². The number of carbonyl (C=O) groups excluding carboxylic acids is 2. The van der Waals surface area contributed by atoms with E-state index < -0.39 is 40.0 Å². The molecule has 1 N–H and O–H groups in total. The number of amides is 1. The van der Waals surface area contributed by atoms with Gasteiger partial charge in [0, 0.05) is 25.1 Å². The number of carboxylic acids is 1. The Balaban J connectivity index is 2.42. The Morgan fingerprint density at radius 2 is 2.05 bits per heavy atom. The Bertz CT molecular complexity index is 635. The minimum Gasteiger partial charge on any atom is -0.478 e. The van der Waals surface area contributed by atoms with Crippen molar-refractivity contribution >= 4 is 34.4 Å². The van der Waals surface area contributed by atoms with Gasteiger partial charge in [0.15, 0.2) is 16.7 Å². The second kappa shape index (κ2) is 5.80. The lowest BCUT2D eigenvalue weighted by molar-refractivity contribution is -0.117. The molecule has 1 unspecified atom stereocenters. The lowest BCUT2D eigenvalue weighted by Gasteiger charge is -2.19. The van der Waals surface area contributed by atoms with Crippen LogP contribution in [0, 0.1) is 11.6 Å². The number of rotatable bonds is 3. The highest BCUT2D eigenvalue weighted by molar-refractivity contribution is 8.14. The molecule has 1 aromatic rings. The third-order valence-corrected chi connectivity index (χ3v) is 3.97. The van der Waals surface area contributed by atoms with E-state index in [2.05, 4.69) is 0 Å². The first kappa shape index (κ1) is 15.4. The van der Waals surface area contributed by atoms with Gasteiger partial charge in [0.05, 0.1) is 11.3 Å². The molecule has 1 fully saturated rings. The van der Waals surface area contributed by atoms with Crippen LogP contribution in [-0.2, 0) is 9.59 Å². The van der Waals surface area contributed by atoms with Crippen molar-refractivity contribution in [3.8, 4) is 0 Å². The minimum absolute atomic E-state index is 0.0285. The van der Waals surface area contributed by atoms with E-state index in [1.165, 1.54) is 6.92 Å². The van der Waals surface area contributed by atoms with Crippen LogP contribution in [0.25, 0.3) is 0 Å². The number of halogens is 2. The zero-order chi connectivity index (χ0) is 15.7. The topological polar surface area (TPSA) is 74.7 Å². The van der Waals surface area contributed by atoms with E-state index in [0.717, 1.165) is 22.7 Å². The standard InChI is InChI=1S/C13H11F2NO4S/c1-6(17)21-7-4-10(18)16(5-7)12-8(13(19)20)2-3-9(14)11(12)15/h2-3,7H,4-5H2,1H3,(H,19,20). The maximum absolute atomic E-state index is 13.9. The molecule has 1 aliphatic heterocycles. The molecule has 0 spiro atoms. The molecule has 0 radical (unpaired) electrons. The molecule has 21 heavy (non-hydrogen) atoms. The van der Waals surface area contributed by atoms with Crippen molar-refractivity contribution in [2.45, 2.75) is 18.6 Å². The largest absolute Gasteiger partial charge is 0.478 e. The van der Waals surface area contributed by atoms with Gasteiger partial charge in [-0.05, 0) is 12.1 Å². The molecule has 1 amide bonds. The Morgan fingerprint density at radius 1 is 1.38 bits per heavy atom. The second-order valence-electron chi connectivity index (χ2n) is 4.50. The Morgan fingerprint density at radius 3 is 2.62 bits per heavy atom. The fraction of sp³-hybridized carbons (Fsp3) is 0.308. The summed E-state index contributed by atoms with van der Waals surface area (Å²) in [6.45, 7) is 1.30. The van der Waals surface area contributed by atoms with E-state index in [1.54, 1.807) is 0 Å². The molecular formula is C13H11F2NO4S. The minimum atomic E-state index is -1.46. The van der Waals surface area contributed by atoms with Crippen molar-refractivity contribution in [1.29, 1.82) is 0 Å². The summed E-state index contributed by atoms with van der Waals surface area (Å²) in [4.78, 5) is 35.0. The maximum atomic E-state index is 13.9. The molecule has 0 aliphatic carbocycles. The molecule has 5 nitrogen and oxygen atoms in total. The number of carboxylic acid groups (broad SMARTS) is 1. The van der Waals surface area contributed by atoms with Crippen molar-refractivity contribution in [3.05, 3.63) is 29.3 Å². The van der Waals surface area contributed by atoms with Crippen molar-refractivity contribution < 1.29 is 28.3 Å². The van der Waals surface area contributed by atoms with Gasteiger partial charge >= 0.3 is 5.97 Å². The van der Waals surface area contributed by atoms with Gasteiger partial charge in [0.25, 0.3) is 0 Å². The molecule has 8 heteroatoms. The predicted octanol–water partition coefficient (Wildman–Crippen LogP) is 2.05. The summed E-state index contributed by atoms with van der Waals surface area (Å²) in [6, 6.07) is 1.61. The second-order valence-corrected chi connectivity index (χ2v) is 5.98. The van der Waals surface area contributed by atoms with Crippen molar-refractivity contribution in [3.63, 3.8) is 0 Å². The average Bonchev–Trinajstić information content (AvgIpc) is 2.71. The Labute approximate surface area is 122 Å². The lowest BCUT2D eigenvalue weighted by Crippen LogP contribution is -2.28. The number of nitrogens with zero attached hydrogens (tertiary/aromatic N) is 1. The van der Waals surface area contributed by atoms with Crippen LogP contribution in [0.15, 0.2) is 12.1 Å². The number of hydrogen-bond acceptors (Lipinski definition) is 4. The van der Waals surface area contributed by atoms with Crippen LogP contribution in [0.1, 0.15) is 23.7 Å². The van der Waals surface area contributed by atoms with Crippen molar-refractivity contribution in [2.24, 2.45) is 0 Å². The Kier molecular flexibility index (Phi) is 4.26. The first-order valence-corrected chi connectivity index (χ1v) is 6.88. The van der Waals surface area contributed by atoms with Crippen LogP contribution < -0.4 is 4.90 Å². The molecule has 1 heterocycles. The SMILES string of the molecule is CC(=O)SC1CC(=O)N(c2c(C(=O)O)ccc(F)c2F)C1. The third kappa shape index (κ3) is 3.05. The fourth-order valence-electron chi connectivity index (χ4n) is 2.18. The van der Waals surface area contributed by atoms with Crippen LogP contribution in [0.3, 0.4) is 0 Å². The molecule has 0 bridgehead atoms. The first-order valence-electron chi connectivity index (χ1n) is 6.00. The highest BCUT2D eigenvalue weighted by Gasteiger charge is 2.36. The molecule has 0 saturated carbocycles. The van der Waals surface area contributed by atoms with Gasteiger partial charge in [-0.3, -0.25) is 9.59 Å². The number of thioether (sulfide) groups is 1. The monoisotopic (exact) mass is 315 g/mol. The van der Waals surface area contributed by atoms with Crippen molar-refractivity contribution in [1.82, 2.24) is 0 Å². The summed E-state index contributed by atoms with van der Waals surface area (Å²) >= 11 is 0.924. The van der Waals surface area contributed by atoms with Crippen LogP contribution in [0.2, 0.25) is 0 Å². The van der Waals surface area contributed by atoms with Gasteiger partial charge in [-0.15, -0.1) is 0 Å². The van der Waals surface area contributed by atoms with Crippen LogP contribution >= 0.6 is 11.8 Å². The first-order chi connectivity index (χ1) is 9.81. The zero-order valence-corrected chi connectivity index (χ0v) is 11.7. The molecule has 112 valence electrons. The molecule has 1 atom stereocenters. The number of benzene rings is 1. The van der Waals surface area contributed by atoms with Gasteiger partial charge in [-0.1, -0.05) is 11.8 Å². The summed E-state index contributed by atoms with van der Waals surface area (Å²) in [5.74, 6) is -4.61. The van der Waals surface area contributed by atoms with E-state index in [-0.39, 0.29) is 18.1 Å². The van der Waals surface area contributed by atoms with E-state index in [0.29, 0.717) is 6.07 Å². The molecule has 1 aromatic carbocycles. The maximum Gasteiger partial charge on any atom is 0.337 e. The summed E-state index contributed by atoms with van der Waals surface area (Å²) in [5.41, 5.74) is -1.07. The van der Waals surface area contributed by atoms with Gasteiger partial charge < -0.3 is 10.0 Å². The van der Waals surface area contributed by atoms with E-state index in [9.17, 15) is 23.2 Å². The quantitative estimate of drug-likeness (QED) is 0.924. The highest BCUT2D eigenvalue weighted by Crippen LogP contribution is 2.33. The molecular weight excluding hydrogens is 304 g/mol. The smallest absolute Gasteiger partial charge is 0.337 e. The lowest BCUT2D eigenvalue weighted by atomic mass is 10.1. The molecule has 2 rings (SSSR count). The van der Waals surface area contributed by atoms with Gasteiger partial charge in [0.1, 0.15) is 0 Å². The van der Waals surface area contributed by atoms with Crippen LogP contribution in [-0.4, -0.2) is 33.9 Å². The molecule has 1 saturated heterocycles. The summed E-state index contributed by atoms with van der Waals surface area (Å²) < 4.78 is 27.3. The van der Waals surface area contributed by atoms with E-state index in [4.69, 9.17) is 5.11 Å². The fourth-order valence-corrected chi connectivity index (χ4v) is 3.10. The number of carbonyl (C=O) groups is 3. The van der Waals surface area contributed by atoms with Crippen LogP contribution in [0.4, 0.5) is 14.5 Å². The molecule has 0 aromatic heterocycles. The average molecular weight is 315 g/mol. The molecule has 1 aliphatic rings. The highest BCUT2D eigenvalue weighted by atomic mass is 32.2. The summed E-state index contributed by atoms with van der Waals surface area (Å²) in [6.07, 6.45) is -0.0285. The van der Waals surface area contributed by atoms with Gasteiger partial charge in [0.2, 0.25) is 5.91 Å². The normalized spacial score (nSPS) is 18.1. The van der Waals surface area contributed by atoms with E-state index >= 15 is 0 Å².